The highest BCUT2D eigenvalue weighted by Crippen LogP contribution is 2.47. The van der Waals surface area contributed by atoms with Crippen LogP contribution in [0.5, 0.6) is 11.6 Å². The van der Waals surface area contributed by atoms with Gasteiger partial charge in [0.25, 0.3) is 5.56 Å². The number of nitrogens with one attached hydrogen (secondary N) is 1. The van der Waals surface area contributed by atoms with Crippen molar-refractivity contribution >= 4 is 21.7 Å². The third kappa shape index (κ3) is 3.01. The van der Waals surface area contributed by atoms with Crippen LogP contribution in [0.15, 0.2) is 111 Å². The van der Waals surface area contributed by atoms with Crippen molar-refractivity contribution in [2.45, 2.75) is 5.92 Å². The fraction of sp³-hybridized carbons (Fsp3) is 0.0333. The van der Waals surface area contributed by atoms with Gasteiger partial charge in [-0.25, -0.2) is 4.79 Å². The Hall–Kier alpha value is -4.97. The number of rotatable bonds is 2. The summed E-state index contributed by atoms with van der Waals surface area (Å²) in [6, 6.07) is 30.4. The predicted octanol–water partition coefficient (Wildman–Crippen LogP) is 5.98. The van der Waals surface area contributed by atoms with Gasteiger partial charge in [0.05, 0.1) is 22.4 Å². The molecule has 0 aliphatic carbocycles. The standard InChI is InChI=1S/C30H18N2O4/c33-28-25-23(20-15-8-12-17-9-4-5-13-19(17)20)24-26(21-14-6-7-16-22(21)35-30(24)34)36-29(25)32-27(31-28)18-10-2-1-3-11-18/h1-16,23H,(H,31,32,33). The number of nitrogens with zero attached hydrogens (tertiary/aromatic N) is 1. The molecule has 1 atom stereocenters. The monoisotopic (exact) mass is 470 g/mol. The van der Waals surface area contributed by atoms with Crippen molar-refractivity contribution in [1.82, 2.24) is 9.97 Å². The van der Waals surface area contributed by atoms with Crippen molar-refractivity contribution in [2.24, 2.45) is 0 Å². The molecule has 1 aliphatic heterocycles. The number of ether oxygens (including phenoxy) is 1. The van der Waals surface area contributed by atoms with Crippen LogP contribution in [0.25, 0.3) is 33.1 Å². The lowest BCUT2D eigenvalue weighted by Crippen LogP contribution is -2.28. The van der Waals surface area contributed by atoms with E-state index in [9.17, 15) is 9.59 Å². The van der Waals surface area contributed by atoms with Crippen molar-refractivity contribution in [3.05, 3.63) is 135 Å². The maximum absolute atomic E-state index is 13.7. The maximum Gasteiger partial charge on any atom is 0.344 e. The Bertz CT molecular complexity index is 1920. The van der Waals surface area contributed by atoms with E-state index in [4.69, 9.17) is 14.1 Å². The highest BCUT2D eigenvalue weighted by molar-refractivity contribution is 5.90. The van der Waals surface area contributed by atoms with E-state index >= 15 is 0 Å². The maximum atomic E-state index is 13.7. The molecule has 0 bridgehead atoms. The minimum Gasteiger partial charge on any atom is -0.437 e. The summed E-state index contributed by atoms with van der Waals surface area (Å²) in [5, 5.41) is 2.58. The molecule has 0 radical (unpaired) electrons. The lowest BCUT2D eigenvalue weighted by Gasteiger charge is -2.27. The molecular formula is C30H18N2O4. The lowest BCUT2D eigenvalue weighted by molar-refractivity contribution is 0.421. The van der Waals surface area contributed by atoms with E-state index in [0.717, 1.165) is 21.9 Å². The van der Waals surface area contributed by atoms with Crippen molar-refractivity contribution in [2.75, 3.05) is 0 Å². The summed E-state index contributed by atoms with van der Waals surface area (Å²) in [5.74, 6) is 0.215. The first-order valence-electron chi connectivity index (χ1n) is 11.6. The van der Waals surface area contributed by atoms with E-state index in [0.29, 0.717) is 22.5 Å². The van der Waals surface area contributed by atoms with Crippen LogP contribution in [0.4, 0.5) is 0 Å². The van der Waals surface area contributed by atoms with Gasteiger partial charge in [0, 0.05) is 5.56 Å². The van der Waals surface area contributed by atoms with Gasteiger partial charge in [-0.05, 0) is 28.5 Å². The highest BCUT2D eigenvalue weighted by atomic mass is 16.5. The highest BCUT2D eigenvalue weighted by Gasteiger charge is 2.38. The van der Waals surface area contributed by atoms with Gasteiger partial charge in [0.2, 0.25) is 5.88 Å². The first-order valence-corrected chi connectivity index (χ1v) is 11.6. The summed E-state index contributed by atoms with van der Waals surface area (Å²) in [5.41, 5.74) is 1.63. The SMILES string of the molecule is O=c1[nH]c(-c2ccccc2)nc2c1C(c1cccc3ccccc13)c1c(c3ccccc3oc1=O)O2. The third-order valence-corrected chi connectivity index (χ3v) is 6.68. The minimum absolute atomic E-state index is 0.179. The molecule has 1 aliphatic rings. The summed E-state index contributed by atoms with van der Waals surface area (Å²) in [4.78, 5) is 34.7. The van der Waals surface area contributed by atoms with Gasteiger partial charge in [-0.1, -0.05) is 84.9 Å². The summed E-state index contributed by atoms with van der Waals surface area (Å²) in [6.07, 6.45) is 0. The number of H-pyrrole nitrogens is 1. The van der Waals surface area contributed by atoms with Gasteiger partial charge >= 0.3 is 5.63 Å². The number of hydrogen-bond acceptors (Lipinski definition) is 5. The molecule has 6 aromatic rings. The fourth-order valence-electron chi connectivity index (χ4n) is 5.08. The van der Waals surface area contributed by atoms with E-state index in [2.05, 4.69) is 4.98 Å². The average molecular weight is 470 g/mol. The van der Waals surface area contributed by atoms with E-state index in [1.165, 1.54) is 0 Å². The molecule has 36 heavy (non-hydrogen) atoms. The van der Waals surface area contributed by atoms with Gasteiger partial charge in [-0.3, -0.25) is 4.79 Å². The predicted molar refractivity (Wildman–Crippen MR) is 138 cm³/mol. The van der Waals surface area contributed by atoms with E-state index in [1.54, 1.807) is 12.1 Å². The molecule has 0 spiro atoms. The van der Waals surface area contributed by atoms with Crippen molar-refractivity contribution < 1.29 is 9.15 Å². The average Bonchev–Trinajstić information content (AvgIpc) is 2.92. The van der Waals surface area contributed by atoms with Gasteiger partial charge in [-0.2, -0.15) is 4.98 Å². The second kappa shape index (κ2) is 7.78. The lowest BCUT2D eigenvalue weighted by atomic mass is 9.82. The zero-order chi connectivity index (χ0) is 24.2. The molecule has 6 heteroatoms. The van der Waals surface area contributed by atoms with Crippen LogP contribution in [-0.4, -0.2) is 9.97 Å². The van der Waals surface area contributed by atoms with Gasteiger partial charge < -0.3 is 14.1 Å². The molecule has 0 saturated heterocycles. The molecule has 172 valence electrons. The van der Waals surface area contributed by atoms with E-state index < -0.39 is 11.5 Å². The number of para-hydroxylation sites is 1. The molecule has 1 N–H and O–H groups in total. The van der Waals surface area contributed by atoms with Crippen LogP contribution in [0.1, 0.15) is 22.6 Å². The first kappa shape index (κ1) is 20.4. The summed E-state index contributed by atoms with van der Waals surface area (Å²) in [7, 11) is 0. The summed E-state index contributed by atoms with van der Waals surface area (Å²) < 4.78 is 12.0. The number of aromatic amines is 1. The normalized spacial score (nSPS) is 14.3. The number of aromatic nitrogens is 2. The largest absolute Gasteiger partial charge is 0.437 e. The van der Waals surface area contributed by atoms with Crippen LogP contribution in [0, 0.1) is 0 Å². The van der Waals surface area contributed by atoms with Crippen LogP contribution in [0.2, 0.25) is 0 Å². The molecule has 3 heterocycles. The van der Waals surface area contributed by atoms with Gasteiger partial charge in [-0.15, -0.1) is 0 Å². The zero-order valence-electron chi connectivity index (χ0n) is 18.9. The van der Waals surface area contributed by atoms with Crippen LogP contribution in [-0.2, 0) is 0 Å². The quantitative estimate of drug-likeness (QED) is 0.314. The van der Waals surface area contributed by atoms with Crippen molar-refractivity contribution in [1.29, 1.82) is 0 Å². The molecule has 7 rings (SSSR count). The molecular weight excluding hydrogens is 452 g/mol. The molecule has 1 unspecified atom stereocenters. The minimum atomic E-state index is -0.725. The van der Waals surface area contributed by atoms with Gasteiger partial charge in [0.1, 0.15) is 11.4 Å². The molecule has 4 aromatic carbocycles. The van der Waals surface area contributed by atoms with Crippen molar-refractivity contribution in [3.63, 3.8) is 0 Å². The number of benzene rings is 4. The Balaban J connectivity index is 1.60. The fourth-order valence-corrected chi connectivity index (χ4v) is 5.08. The second-order valence-corrected chi connectivity index (χ2v) is 8.73. The zero-order valence-corrected chi connectivity index (χ0v) is 18.9. The Morgan fingerprint density at radius 1 is 0.722 bits per heavy atom. The van der Waals surface area contributed by atoms with Gasteiger partial charge in [0.15, 0.2) is 5.75 Å². The molecule has 6 nitrogen and oxygen atoms in total. The Labute approximate surface area is 204 Å². The number of fused-ring (bicyclic) bond motifs is 5. The number of hydrogen-bond donors (Lipinski definition) is 1. The molecule has 0 fully saturated rings. The third-order valence-electron chi connectivity index (χ3n) is 6.68. The Morgan fingerprint density at radius 2 is 1.44 bits per heavy atom. The van der Waals surface area contributed by atoms with Crippen LogP contribution in [0.3, 0.4) is 0 Å². The second-order valence-electron chi connectivity index (χ2n) is 8.73. The molecule has 0 amide bonds. The van der Waals surface area contributed by atoms with Crippen LogP contribution >= 0.6 is 0 Å². The van der Waals surface area contributed by atoms with Crippen LogP contribution < -0.4 is 15.9 Å². The first-order chi connectivity index (χ1) is 17.7. The molecule has 2 aromatic heterocycles. The summed E-state index contributed by atoms with van der Waals surface area (Å²) >= 11 is 0. The topological polar surface area (TPSA) is 85.2 Å². The summed E-state index contributed by atoms with van der Waals surface area (Å²) in [6.45, 7) is 0. The van der Waals surface area contributed by atoms with E-state index in [-0.39, 0.29) is 22.6 Å². The Kier molecular flexibility index (Phi) is 4.41. The molecule has 0 saturated carbocycles. The van der Waals surface area contributed by atoms with Crippen molar-refractivity contribution in [3.8, 4) is 23.0 Å². The Morgan fingerprint density at radius 3 is 2.31 bits per heavy atom. The van der Waals surface area contributed by atoms with E-state index in [1.807, 2.05) is 84.9 Å². The smallest absolute Gasteiger partial charge is 0.344 e.